The summed E-state index contributed by atoms with van der Waals surface area (Å²) in [5, 5.41) is 18.4. The molecule has 0 saturated carbocycles. The van der Waals surface area contributed by atoms with Crippen molar-refractivity contribution in [3.63, 3.8) is 0 Å². The number of hydrogen-bond donors (Lipinski definition) is 2. The third-order valence-electron chi connectivity index (χ3n) is 3.25. The minimum atomic E-state index is -3.18. The molecule has 0 heterocycles. The molecule has 0 spiro atoms. The van der Waals surface area contributed by atoms with E-state index in [1.165, 1.54) is 0 Å². The van der Waals surface area contributed by atoms with Gasteiger partial charge in [0.25, 0.3) is 0 Å². The first-order valence-electron chi connectivity index (χ1n) is 5.58. The van der Waals surface area contributed by atoms with Gasteiger partial charge in [0.05, 0.1) is 23.7 Å². The molecule has 0 atom stereocenters. The maximum Gasteiger partial charge on any atom is 0.155 e. The summed E-state index contributed by atoms with van der Waals surface area (Å²) in [6.07, 6.45) is 0.871. The lowest BCUT2D eigenvalue weighted by molar-refractivity contribution is 0.0486. The van der Waals surface area contributed by atoms with Crippen LogP contribution in [0.15, 0.2) is 0 Å². The third-order valence-corrected chi connectivity index (χ3v) is 5.86. The van der Waals surface area contributed by atoms with Crippen LogP contribution in [0.2, 0.25) is 0 Å². The first kappa shape index (κ1) is 15.9. The van der Waals surface area contributed by atoms with Crippen LogP contribution in [-0.2, 0) is 9.84 Å². The number of aliphatic hydroxyl groups excluding tert-OH is 2. The van der Waals surface area contributed by atoms with Gasteiger partial charge in [-0.2, -0.15) is 0 Å². The lowest BCUT2D eigenvalue weighted by Crippen LogP contribution is -2.36. The van der Waals surface area contributed by atoms with Crippen LogP contribution in [0.5, 0.6) is 0 Å². The second kappa shape index (κ2) is 5.47. The molecular weight excluding hydrogens is 228 g/mol. The van der Waals surface area contributed by atoms with Gasteiger partial charge >= 0.3 is 0 Å². The zero-order chi connectivity index (χ0) is 13.0. The lowest BCUT2D eigenvalue weighted by atomic mass is 9.84. The van der Waals surface area contributed by atoms with E-state index in [9.17, 15) is 18.6 Å². The van der Waals surface area contributed by atoms with Crippen LogP contribution in [-0.4, -0.2) is 42.3 Å². The quantitative estimate of drug-likeness (QED) is 0.738. The van der Waals surface area contributed by atoms with Crippen molar-refractivity contribution in [3.8, 4) is 0 Å². The van der Waals surface area contributed by atoms with E-state index in [1.807, 2.05) is 6.92 Å². The molecule has 0 bridgehead atoms. The minimum Gasteiger partial charge on any atom is -0.396 e. The molecule has 0 aromatic carbocycles. The molecular formula is C11H24O4S. The van der Waals surface area contributed by atoms with E-state index in [1.54, 1.807) is 20.8 Å². The highest BCUT2D eigenvalue weighted by Crippen LogP contribution is 2.28. The number of rotatable bonds is 6. The summed E-state index contributed by atoms with van der Waals surface area (Å²) >= 11 is 0. The van der Waals surface area contributed by atoms with Gasteiger partial charge in [0.15, 0.2) is 9.84 Å². The zero-order valence-electron chi connectivity index (χ0n) is 10.7. The normalized spacial score (nSPS) is 14.1. The standard InChI is InChI=1S/C11H24O4S/c1-5-11(8-12,9-13)6-7-16(14,15)10(2,3)4/h12-13H,5-9H2,1-4H3. The molecule has 4 nitrogen and oxygen atoms in total. The maximum absolute atomic E-state index is 11.9. The van der Waals surface area contributed by atoms with Gasteiger partial charge in [-0.15, -0.1) is 0 Å². The van der Waals surface area contributed by atoms with E-state index >= 15 is 0 Å². The van der Waals surface area contributed by atoms with E-state index in [2.05, 4.69) is 0 Å². The second-order valence-electron chi connectivity index (χ2n) is 5.35. The molecule has 0 unspecified atom stereocenters. The van der Waals surface area contributed by atoms with Gasteiger partial charge in [0.2, 0.25) is 0 Å². The molecule has 5 heteroatoms. The smallest absolute Gasteiger partial charge is 0.155 e. The Hall–Kier alpha value is -0.130. The molecule has 0 rings (SSSR count). The fraction of sp³-hybridized carbons (Fsp3) is 1.00. The van der Waals surface area contributed by atoms with Crippen LogP contribution >= 0.6 is 0 Å². The molecule has 0 fully saturated rings. The topological polar surface area (TPSA) is 74.6 Å². The Morgan fingerprint density at radius 3 is 1.75 bits per heavy atom. The van der Waals surface area contributed by atoms with Crippen molar-refractivity contribution in [1.82, 2.24) is 0 Å². The predicted molar refractivity (Wildman–Crippen MR) is 65.1 cm³/mol. The van der Waals surface area contributed by atoms with Crippen molar-refractivity contribution in [2.75, 3.05) is 19.0 Å². The van der Waals surface area contributed by atoms with Crippen LogP contribution < -0.4 is 0 Å². The largest absolute Gasteiger partial charge is 0.396 e. The molecule has 0 radical (unpaired) electrons. The molecule has 0 aromatic rings. The monoisotopic (exact) mass is 252 g/mol. The van der Waals surface area contributed by atoms with Crippen LogP contribution in [0.1, 0.15) is 40.5 Å². The Labute approximate surface area is 98.6 Å². The average Bonchev–Trinajstić information content (AvgIpc) is 2.19. The molecule has 0 aliphatic heterocycles. The highest BCUT2D eigenvalue weighted by molar-refractivity contribution is 7.92. The van der Waals surface area contributed by atoms with E-state index in [0.717, 1.165) is 0 Å². The van der Waals surface area contributed by atoms with Crippen molar-refractivity contribution < 1.29 is 18.6 Å². The highest BCUT2D eigenvalue weighted by Gasteiger charge is 2.33. The van der Waals surface area contributed by atoms with Crippen LogP contribution in [0.25, 0.3) is 0 Å². The number of hydrogen-bond acceptors (Lipinski definition) is 4. The summed E-state index contributed by atoms with van der Waals surface area (Å²) in [6, 6.07) is 0. The summed E-state index contributed by atoms with van der Waals surface area (Å²) in [5.74, 6) is 0.00542. The van der Waals surface area contributed by atoms with E-state index in [0.29, 0.717) is 12.8 Å². The fourth-order valence-electron chi connectivity index (χ4n) is 1.27. The number of aliphatic hydroxyl groups is 2. The predicted octanol–water partition coefficient (Wildman–Crippen LogP) is 0.971. The molecule has 0 aromatic heterocycles. The molecule has 98 valence electrons. The van der Waals surface area contributed by atoms with E-state index in [4.69, 9.17) is 0 Å². The highest BCUT2D eigenvalue weighted by atomic mass is 32.2. The average molecular weight is 252 g/mol. The summed E-state index contributed by atoms with van der Waals surface area (Å²) in [4.78, 5) is 0. The van der Waals surface area contributed by atoms with Crippen molar-refractivity contribution in [2.24, 2.45) is 5.41 Å². The van der Waals surface area contributed by atoms with Crippen molar-refractivity contribution >= 4 is 9.84 Å². The maximum atomic E-state index is 11.9. The van der Waals surface area contributed by atoms with Gasteiger partial charge in [0, 0.05) is 5.41 Å². The van der Waals surface area contributed by atoms with E-state index < -0.39 is 20.0 Å². The molecule has 2 N–H and O–H groups in total. The summed E-state index contributed by atoms with van der Waals surface area (Å²) in [5.41, 5.74) is -0.668. The first-order valence-corrected chi connectivity index (χ1v) is 7.23. The summed E-state index contributed by atoms with van der Waals surface area (Å²) < 4.78 is 23.0. The molecule has 16 heavy (non-hydrogen) atoms. The van der Waals surface area contributed by atoms with Crippen LogP contribution in [0, 0.1) is 5.41 Å². The second-order valence-corrected chi connectivity index (χ2v) is 8.21. The van der Waals surface area contributed by atoms with Crippen LogP contribution in [0.4, 0.5) is 0 Å². The Bertz CT molecular complexity index is 288. The van der Waals surface area contributed by atoms with E-state index in [-0.39, 0.29) is 19.0 Å². The molecule has 0 amide bonds. The van der Waals surface area contributed by atoms with Gasteiger partial charge in [-0.3, -0.25) is 0 Å². The van der Waals surface area contributed by atoms with Crippen molar-refractivity contribution in [2.45, 2.75) is 45.3 Å². The van der Waals surface area contributed by atoms with Gasteiger partial charge in [-0.05, 0) is 33.6 Å². The Kier molecular flexibility index (Phi) is 5.42. The first-order chi connectivity index (χ1) is 7.14. The van der Waals surface area contributed by atoms with Gasteiger partial charge in [-0.1, -0.05) is 6.92 Å². The summed E-state index contributed by atoms with van der Waals surface area (Å²) in [7, 11) is -3.18. The SMILES string of the molecule is CCC(CO)(CO)CCS(=O)(=O)C(C)(C)C. The fourth-order valence-corrected chi connectivity index (χ4v) is 2.58. The van der Waals surface area contributed by atoms with Gasteiger partial charge in [-0.25, -0.2) is 8.42 Å². The molecule has 0 aliphatic carbocycles. The lowest BCUT2D eigenvalue weighted by Gasteiger charge is -2.29. The van der Waals surface area contributed by atoms with Crippen molar-refractivity contribution in [1.29, 1.82) is 0 Å². The Morgan fingerprint density at radius 1 is 1.06 bits per heavy atom. The van der Waals surface area contributed by atoms with Gasteiger partial charge in [0.1, 0.15) is 0 Å². The minimum absolute atomic E-state index is 0.00542. The Balaban J connectivity index is 4.68. The molecule has 0 saturated heterocycles. The summed E-state index contributed by atoms with van der Waals surface area (Å²) in [6.45, 7) is 6.46. The zero-order valence-corrected chi connectivity index (χ0v) is 11.5. The Morgan fingerprint density at radius 2 is 1.50 bits per heavy atom. The third kappa shape index (κ3) is 3.71. The number of sulfone groups is 1. The van der Waals surface area contributed by atoms with Crippen LogP contribution in [0.3, 0.4) is 0 Å². The van der Waals surface area contributed by atoms with Crippen molar-refractivity contribution in [3.05, 3.63) is 0 Å². The molecule has 0 aliphatic rings. The van der Waals surface area contributed by atoms with Gasteiger partial charge < -0.3 is 10.2 Å².